The summed E-state index contributed by atoms with van der Waals surface area (Å²) in [7, 11) is 0. The zero-order valence-corrected chi connectivity index (χ0v) is 15.8. The monoisotopic (exact) mass is 381 g/mol. The van der Waals surface area contributed by atoms with E-state index >= 15 is 0 Å². The number of rotatable bonds is 6. The molecule has 2 aliphatic carbocycles. The number of Topliss-reactive ketones (excluding diaryl/α,β-unsaturated/α-hetero) is 1. The van der Waals surface area contributed by atoms with E-state index in [-0.39, 0.29) is 30.2 Å². The molecule has 1 N–H and O–H groups in total. The van der Waals surface area contributed by atoms with Gasteiger partial charge < -0.3 is 10.2 Å². The number of amides is 2. The third-order valence-electron chi connectivity index (χ3n) is 6.08. The van der Waals surface area contributed by atoms with Gasteiger partial charge in [-0.2, -0.15) is 5.10 Å². The molecule has 146 valence electrons. The van der Waals surface area contributed by atoms with Gasteiger partial charge in [-0.1, -0.05) is 0 Å². The van der Waals surface area contributed by atoms with Crippen LogP contribution >= 0.6 is 0 Å². The number of nitrogens with one attached hydrogen (secondary N) is 1. The molecular formula is C20H23N5O3. The molecule has 8 nitrogen and oxygen atoms in total. The second kappa shape index (κ2) is 6.39. The van der Waals surface area contributed by atoms with Gasteiger partial charge in [0.1, 0.15) is 18.3 Å². The highest BCUT2D eigenvalue weighted by Gasteiger charge is 2.56. The Hall–Kier alpha value is -2.77. The molecule has 3 fully saturated rings. The van der Waals surface area contributed by atoms with Crippen LogP contribution in [0.3, 0.4) is 0 Å². The van der Waals surface area contributed by atoms with Crippen molar-refractivity contribution in [2.45, 2.75) is 51.2 Å². The summed E-state index contributed by atoms with van der Waals surface area (Å²) in [5, 5.41) is 7.99. The highest BCUT2D eigenvalue weighted by atomic mass is 16.2. The van der Waals surface area contributed by atoms with Crippen molar-refractivity contribution in [2.75, 3.05) is 6.54 Å². The zero-order valence-electron chi connectivity index (χ0n) is 15.8. The lowest BCUT2D eigenvalue weighted by Crippen LogP contribution is -2.49. The van der Waals surface area contributed by atoms with E-state index in [1.54, 1.807) is 23.2 Å². The van der Waals surface area contributed by atoms with E-state index in [4.69, 9.17) is 0 Å². The Morgan fingerprint density at radius 3 is 2.82 bits per heavy atom. The van der Waals surface area contributed by atoms with Gasteiger partial charge in [-0.15, -0.1) is 0 Å². The Morgan fingerprint density at radius 2 is 2.07 bits per heavy atom. The molecule has 2 aromatic rings. The number of carbonyl (C=O) groups excluding carboxylic acids is 3. The van der Waals surface area contributed by atoms with Crippen LogP contribution in [0.15, 0.2) is 18.3 Å². The Bertz CT molecular complexity index is 979. The summed E-state index contributed by atoms with van der Waals surface area (Å²) in [6, 6.07) is 3.30. The van der Waals surface area contributed by atoms with Gasteiger partial charge in [-0.3, -0.25) is 14.4 Å². The maximum atomic E-state index is 13.1. The minimum atomic E-state index is -0.392. The van der Waals surface area contributed by atoms with Crippen molar-refractivity contribution >= 4 is 28.6 Å². The number of piperidine rings is 1. The molecule has 0 aromatic carbocycles. The van der Waals surface area contributed by atoms with Crippen molar-refractivity contribution in [1.82, 2.24) is 25.0 Å². The second-order valence-electron chi connectivity index (χ2n) is 8.24. The van der Waals surface area contributed by atoms with E-state index in [0.717, 1.165) is 12.8 Å². The van der Waals surface area contributed by atoms with Crippen LogP contribution in [0.2, 0.25) is 0 Å². The molecule has 28 heavy (non-hydrogen) atoms. The summed E-state index contributed by atoms with van der Waals surface area (Å²) in [6.07, 6.45) is 5.68. The van der Waals surface area contributed by atoms with Crippen molar-refractivity contribution in [1.29, 1.82) is 0 Å². The van der Waals surface area contributed by atoms with Crippen molar-refractivity contribution in [3.05, 3.63) is 24.0 Å². The SMILES string of the molecule is CC(=O)c1nn(CC(=O)N2[C@@H]3CC3C[C@H]2C(=O)NCC2CC2)c2ncccc12. The first kappa shape index (κ1) is 17.3. The smallest absolute Gasteiger partial charge is 0.245 e. The number of ketones is 1. The van der Waals surface area contributed by atoms with Gasteiger partial charge in [0, 0.05) is 25.7 Å². The molecule has 0 bridgehead atoms. The molecule has 1 aliphatic heterocycles. The van der Waals surface area contributed by atoms with Gasteiger partial charge >= 0.3 is 0 Å². The zero-order chi connectivity index (χ0) is 19.4. The van der Waals surface area contributed by atoms with Gasteiger partial charge in [0.05, 0.1) is 5.39 Å². The Balaban J connectivity index is 1.36. The fourth-order valence-corrected chi connectivity index (χ4v) is 4.32. The first-order valence-electron chi connectivity index (χ1n) is 9.94. The van der Waals surface area contributed by atoms with Gasteiger partial charge in [0.2, 0.25) is 11.8 Å². The topological polar surface area (TPSA) is 97.2 Å². The van der Waals surface area contributed by atoms with Crippen molar-refractivity contribution in [3.8, 4) is 0 Å². The summed E-state index contributed by atoms with van der Waals surface area (Å²) in [5.41, 5.74) is 0.836. The molecule has 3 heterocycles. The van der Waals surface area contributed by atoms with Crippen LogP contribution in [-0.2, 0) is 16.1 Å². The van der Waals surface area contributed by atoms with E-state index in [0.29, 0.717) is 35.1 Å². The van der Waals surface area contributed by atoms with Crippen molar-refractivity contribution < 1.29 is 14.4 Å². The minimum Gasteiger partial charge on any atom is -0.354 e. The van der Waals surface area contributed by atoms with Gasteiger partial charge in [-0.25, -0.2) is 9.67 Å². The molecule has 1 saturated heterocycles. The van der Waals surface area contributed by atoms with Gasteiger partial charge in [0.25, 0.3) is 0 Å². The van der Waals surface area contributed by atoms with E-state index in [1.807, 2.05) is 0 Å². The lowest BCUT2D eigenvalue weighted by atomic mass is 10.1. The predicted molar refractivity (Wildman–Crippen MR) is 100 cm³/mol. The number of hydrogen-bond donors (Lipinski definition) is 1. The van der Waals surface area contributed by atoms with Crippen LogP contribution in [0.1, 0.15) is 43.1 Å². The number of pyridine rings is 1. The summed E-state index contributed by atoms with van der Waals surface area (Å²) in [4.78, 5) is 43.7. The largest absolute Gasteiger partial charge is 0.354 e. The Kier molecular flexibility index (Phi) is 3.96. The van der Waals surface area contributed by atoms with Crippen LogP contribution in [0.5, 0.6) is 0 Å². The standard InChI is InChI=1S/C20H23N5O3/c1-11(26)18-14-3-2-6-21-19(14)24(23-18)10-17(27)25-15-7-13(15)8-16(25)20(28)22-9-12-4-5-12/h2-3,6,12-13,15-16H,4-5,7-10H2,1H3,(H,22,28)/t13?,15-,16+/m1/s1. The molecule has 2 aromatic heterocycles. The van der Waals surface area contributed by atoms with Crippen LogP contribution < -0.4 is 5.32 Å². The molecule has 2 saturated carbocycles. The van der Waals surface area contributed by atoms with Crippen LogP contribution in [0.25, 0.3) is 11.0 Å². The minimum absolute atomic E-state index is 0.0174. The fraction of sp³-hybridized carbons (Fsp3) is 0.550. The number of carbonyl (C=O) groups is 3. The van der Waals surface area contributed by atoms with Crippen molar-refractivity contribution in [3.63, 3.8) is 0 Å². The lowest BCUT2D eigenvalue weighted by molar-refractivity contribution is -0.140. The molecular weight excluding hydrogens is 358 g/mol. The number of fused-ring (bicyclic) bond motifs is 2. The van der Waals surface area contributed by atoms with Crippen LogP contribution in [0.4, 0.5) is 0 Å². The average molecular weight is 381 g/mol. The molecule has 0 spiro atoms. The fourth-order valence-electron chi connectivity index (χ4n) is 4.32. The van der Waals surface area contributed by atoms with E-state index in [9.17, 15) is 14.4 Å². The molecule has 5 rings (SSSR count). The average Bonchev–Trinajstić information content (AvgIpc) is 3.59. The third kappa shape index (κ3) is 2.96. The quantitative estimate of drug-likeness (QED) is 0.757. The van der Waals surface area contributed by atoms with E-state index < -0.39 is 6.04 Å². The summed E-state index contributed by atoms with van der Waals surface area (Å²) in [5.74, 6) is 0.698. The number of nitrogens with zero attached hydrogens (tertiary/aromatic N) is 4. The maximum absolute atomic E-state index is 13.1. The number of aromatic nitrogens is 3. The third-order valence-corrected chi connectivity index (χ3v) is 6.08. The maximum Gasteiger partial charge on any atom is 0.245 e. The summed E-state index contributed by atoms with van der Waals surface area (Å²) >= 11 is 0. The first-order chi connectivity index (χ1) is 13.5. The first-order valence-corrected chi connectivity index (χ1v) is 9.94. The predicted octanol–water partition coefficient (Wildman–Crippen LogP) is 1.15. The number of likely N-dealkylation sites (tertiary alicyclic amines) is 1. The molecule has 3 atom stereocenters. The van der Waals surface area contributed by atoms with Crippen molar-refractivity contribution in [2.24, 2.45) is 11.8 Å². The normalized spacial score (nSPS) is 25.6. The molecule has 8 heteroatoms. The van der Waals surface area contributed by atoms with Gasteiger partial charge in [-0.05, 0) is 49.7 Å². The van der Waals surface area contributed by atoms with E-state index in [2.05, 4.69) is 15.4 Å². The summed E-state index contributed by atoms with van der Waals surface area (Å²) < 4.78 is 1.49. The Labute approximate surface area is 162 Å². The summed E-state index contributed by atoms with van der Waals surface area (Å²) in [6.45, 7) is 2.15. The number of hydrogen-bond acceptors (Lipinski definition) is 5. The molecule has 0 radical (unpaired) electrons. The highest BCUT2D eigenvalue weighted by molar-refractivity contribution is 6.04. The van der Waals surface area contributed by atoms with Crippen LogP contribution in [-0.4, -0.2) is 55.9 Å². The molecule has 1 unspecified atom stereocenters. The van der Waals surface area contributed by atoms with E-state index in [1.165, 1.54) is 24.4 Å². The molecule has 2 amide bonds. The molecule has 3 aliphatic rings. The second-order valence-corrected chi connectivity index (χ2v) is 8.24. The Morgan fingerprint density at radius 1 is 1.25 bits per heavy atom. The van der Waals surface area contributed by atoms with Crippen LogP contribution in [0, 0.1) is 11.8 Å². The van der Waals surface area contributed by atoms with Gasteiger partial charge in [0.15, 0.2) is 11.4 Å². The lowest BCUT2D eigenvalue weighted by Gasteiger charge is -2.27. The highest BCUT2D eigenvalue weighted by Crippen LogP contribution is 2.48.